The van der Waals surface area contributed by atoms with E-state index in [9.17, 15) is 4.39 Å². The summed E-state index contributed by atoms with van der Waals surface area (Å²) in [6.45, 7) is 1.50. The molecular weight excluding hydrogens is 233 g/mol. The Morgan fingerprint density at radius 1 is 1.44 bits per heavy atom. The minimum atomic E-state index is -0.291. The summed E-state index contributed by atoms with van der Waals surface area (Å²) in [5, 5.41) is 0. The molecule has 1 atom stereocenters. The number of nitrogens with two attached hydrogens (primary N) is 1. The number of halogens is 1. The van der Waals surface area contributed by atoms with Crippen LogP contribution < -0.4 is 5.73 Å². The van der Waals surface area contributed by atoms with Crippen LogP contribution in [0.1, 0.15) is 19.3 Å². The van der Waals surface area contributed by atoms with E-state index in [2.05, 4.69) is 4.98 Å². The van der Waals surface area contributed by atoms with E-state index in [1.54, 1.807) is 6.07 Å². The quantitative estimate of drug-likeness (QED) is 0.888. The first kappa shape index (κ1) is 11.5. The molecule has 18 heavy (non-hydrogen) atoms. The van der Waals surface area contributed by atoms with E-state index >= 15 is 0 Å². The Morgan fingerprint density at radius 2 is 2.33 bits per heavy atom. The van der Waals surface area contributed by atoms with E-state index in [1.165, 1.54) is 18.6 Å². The van der Waals surface area contributed by atoms with Crippen molar-refractivity contribution < 1.29 is 9.13 Å². The van der Waals surface area contributed by atoms with Crippen molar-refractivity contribution in [1.82, 2.24) is 9.55 Å². The summed E-state index contributed by atoms with van der Waals surface area (Å²) >= 11 is 0. The van der Waals surface area contributed by atoms with Crippen LogP contribution in [0, 0.1) is 5.82 Å². The molecule has 1 saturated heterocycles. The molecule has 4 nitrogen and oxygen atoms in total. The molecule has 0 spiro atoms. The molecule has 0 bridgehead atoms. The predicted octanol–water partition coefficient (Wildman–Crippen LogP) is 2.33. The normalized spacial score (nSPS) is 20.4. The van der Waals surface area contributed by atoms with E-state index in [-0.39, 0.29) is 11.9 Å². The molecule has 96 valence electrons. The Hall–Kier alpha value is -1.62. The second kappa shape index (κ2) is 4.57. The lowest BCUT2D eigenvalue weighted by Crippen LogP contribution is -2.25. The highest BCUT2D eigenvalue weighted by Crippen LogP contribution is 2.22. The maximum absolute atomic E-state index is 13.1. The summed E-state index contributed by atoms with van der Waals surface area (Å²) in [5.74, 6) is 0.130. The van der Waals surface area contributed by atoms with Crippen LogP contribution in [0.5, 0.6) is 0 Å². The highest BCUT2D eigenvalue weighted by molar-refractivity contribution is 5.78. The van der Waals surface area contributed by atoms with E-state index in [0.29, 0.717) is 18.0 Å². The summed E-state index contributed by atoms with van der Waals surface area (Å²) in [6.07, 6.45) is 3.54. The number of hydrogen-bond acceptors (Lipinski definition) is 3. The van der Waals surface area contributed by atoms with Gasteiger partial charge in [-0.15, -0.1) is 0 Å². The third kappa shape index (κ3) is 2.06. The summed E-state index contributed by atoms with van der Waals surface area (Å²) in [4.78, 5) is 4.18. The lowest BCUT2D eigenvalue weighted by molar-refractivity contribution is 0.00694. The average Bonchev–Trinajstić information content (AvgIpc) is 2.66. The highest BCUT2D eigenvalue weighted by atomic mass is 19.1. The van der Waals surface area contributed by atoms with Gasteiger partial charge in [0.25, 0.3) is 0 Å². The van der Waals surface area contributed by atoms with Crippen molar-refractivity contribution >= 4 is 17.0 Å². The topological polar surface area (TPSA) is 53.1 Å². The van der Waals surface area contributed by atoms with Crippen molar-refractivity contribution in [2.24, 2.45) is 0 Å². The number of fused-ring (bicyclic) bond motifs is 1. The molecule has 0 amide bonds. The molecule has 3 rings (SSSR count). The monoisotopic (exact) mass is 249 g/mol. The third-order valence-electron chi connectivity index (χ3n) is 3.40. The molecule has 1 aliphatic rings. The van der Waals surface area contributed by atoms with Crippen molar-refractivity contribution in [3.63, 3.8) is 0 Å². The Kier molecular flexibility index (Phi) is 2.91. The molecule has 0 radical (unpaired) electrons. The van der Waals surface area contributed by atoms with Gasteiger partial charge in [0.2, 0.25) is 5.95 Å². The zero-order valence-electron chi connectivity index (χ0n) is 10.1. The van der Waals surface area contributed by atoms with Crippen molar-refractivity contribution in [3.8, 4) is 0 Å². The molecule has 2 heterocycles. The van der Waals surface area contributed by atoms with Crippen molar-refractivity contribution in [3.05, 3.63) is 24.0 Å². The number of rotatable bonds is 2. The molecular formula is C13H16FN3O. The number of nitrogen functional groups attached to an aromatic ring is 1. The van der Waals surface area contributed by atoms with E-state index in [0.717, 1.165) is 25.0 Å². The minimum absolute atomic E-state index is 0.184. The number of imidazole rings is 1. The molecule has 1 aliphatic heterocycles. The van der Waals surface area contributed by atoms with Crippen molar-refractivity contribution in [2.75, 3.05) is 12.3 Å². The van der Waals surface area contributed by atoms with E-state index < -0.39 is 0 Å². The van der Waals surface area contributed by atoms with Crippen LogP contribution in [-0.2, 0) is 11.3 Å². The fourth-order valence-corrected chi connectivity index (χ4v) is 2.47. The number of anilines is 1. The number of benzene rings is 1. The largest absolute Gasteiger partial charge is 0.376 e. The number of nitrogens with zero attached hydrogens (tertiary/aromatic N) is 2. The van der Waals surface area contributed by atoms with Gasteiger partial charge in [-0.05, 0) is 31.4 Å². The van der Waals surface area contributed by atoms with Gasteiger partial charge >= 0.3 is 0 Å². The summed E-state index contributed by atoms with van der Waals surface area (Å²) in [6, 6.07) is 4.56. The Bertz CT molecular complexity index is 561. The van der Waals surface area contributed by atoms with Gasteiger partial charge in [0.1, 0.15) is 5.82 Å². The van der Waals surface area contributed by atoms with Gasteiger partial charge in [-0.2, -0.15) is 0 Å². The van der Waals surface area contributed by atoms with Crippen LogP contribution in [0.25, 0.3) is 11.0 Å². The first-order chi connectivity index (χ1) is 8.74. The smallest absolute Gasteiger partial charge is 0.201 e. The predicted molar refractivity (Wildman–Crippen MR) is 67.7 cm³/mol. The van der Waals surface area contributed by atoms with Crippen LogP contribution in [0.2, 0.25) is 0 Å². The second-order valence-corrected chi connectivity index (χ2v) is 4.70. The van der Waals surface area contributed by atoms with Crippen LogP contribution in [0.4, 0.5) is 10.3 Å². The van der Waals surface area contributed by atoms with Gasteiger partial charge in [-0.3, -0.25) is 0 Å². The maximum atomic E-state index is 13.1. The Labute approximate surface area is 105 Å². The van der Waals surface area contributed by atoms with E-state index in [4.69, 9.17) is 10.5 Å². The molecule has 2 N–H and O–H groups in total. The molecule has 1 fully saturated rings. The Balaban J connectivity index is 1.92. The zero-order valence-corrected chi connectivity index (χ0v) is 10.1. The average molecular weight is 249 g/mol. The van der Waals surface area contributed by atoms with Crippen molar-refractivity contribution in [2.45, 2.75) is 31.9 Å². The number of ether oxygens (including phenoxy) is 1. The van der Waals surface area contributed by atoms with Crippen LogP contribution >= 0.6 is 0 Å². The Morgan fingerprint density at radius 3 is 3.11 bits per heavy atom. The standard InChI is InChI=1S/C13H16FN3O/c14-9-4-5-12-11(7-9)16-13(15)17(12)8-10-3-1-2-6-18-10/h4-5,7,10H,1-3,6,8H2,(H2,15,16). The maximum Gasteiger partial charge on any atom is 0.201 e. The van der Waals surface area contributed by atoms with Crippen molar-refractivity contribution in [1.29, 1.82) is 0 Å². The SMILES string of the molecule is Nc1nc2cc(F)ccc2n1CC1CCCCO1. The molecule has 1 aromatic heterocycles. The lowest BCUT2D eigenvalue weighted by atomic mass is 10.1. The third-order valence-corrected chi connectivity index (χ3v) is 3.40. The molecule has 1 unspecified atom stereocenters. The van der Waals surface area contributed by atoms with Gasteiger partial charge in [0.15, 0.2) is 0 Å². The minimum Gasteiger partial charge on any atom is -0.376 e. The fraction of sp³-hybridized carbons (Fsp3) is 0.462. The summed E-state index contributed by atoms with van der Waals surface area (Å²) in [5.41, 5.74) is 7.36. The molecule has 0 aliphatic carbocycles. The second-order valence-electron chi connectivity index (χ2n) is 4.70. The van der Waals surface area contributed by atoms with Gasteiger partial charge in [-0.25, -0.2) is 9.37 Å². The van der Waals surface area contributed by atoms with Crippen LogP contribution in [0.3, 0.4) is 0 Å². The van der Waals surface area contributed by atoms with Crippen LogP contribution in [0.15, 0.2) is 18.2 Å². The highest BCUT2D eigenvalue weighted by Gasteiger charge is 2.17. The van der Waals surface area contributed by atoms with Gasteiger partial charge < -0.3 is 15.0 Å². The summed E-state index contributed by atoms with van der Waals surface area (Å²) in [7, 11) is 0. The molecule has 2 aromatic rings. The molecule has 5 heteroatoms. The van der Waals surface area contributed by atoms with Gasteiger partial charge in [0.05, 0.1) is 23.7 Å². The first-order valence-electron chi connectivity index (χ1n) is 6.27. The molecule has 0 saturated carbocycles. The van der Waals surface area contributed by atoms with Gasteiger partial charge in [-0.1, -0.05) is 0 Å². The lowest BCUT2D eigenvalue weighted by Gasteiger charge is -2.23. The molecule has 1 aromatic carbocycles. The van der Waals surface area contributed by atoms with Gasteiger partial charge in [0, 0.05) is 12.7 Å². The first-order valence-corrected chi connectivity index (χ1v) is 6.27. The number of aromatic nitrogens is 2. The fourth-order valence-electron chi connectivity index (χ4n) is 2.47. The van der Waals surface area contributed by atoms with Crippen LogP contribution in [-0.4, -0.2) is 22.3 Å². The van der Waals surface area contributed by atoms with E-state index in [1.807, 2.05) is 4.57 Å². The number of hydrogen-bond donors (Lipinski definition) is 1. The summed E-state index contributed by atoms with van der Waals surface area (Å²) < 4.78 is 20.7. The zero-order chi connectivity index (χ0) is 12.5.